The highest BCUT2D eigenvalue weighted by molar-refractivity contribution is 6.01. The van der Waals surface area contributed by atoms with Gasteiger partial charge in [0.2, 0.25) is 17.5 Å². The fraction of sp³-hybridized carbons (Fsp3) is 0.425. The zero-order valence-corrected chi connectivity index (χ0v) is 31.2. The van der Waals surface area contributed by atoms with Crippen LogP contribution in [0, 0.1) is 17.9 Å². The number of carbonyl (C=O) groups is 2. The molecule has 3 aliphatic rings. The minimum Gasteiger partial charge on any atom is -0.390 e. The molecule has 8 rings (SSSR count). The number of carbonyl (C=O) groups excluding carboxylic acids is 2. The van der Waals surface area contributed by atoms with Gasteiger partial charge in [-0.3, -0.25) is 19.8 Å². The van der Waals surface area contributed by atoms with Gasteiger partial charge in [-0.25, -0.2) is 19.5 Å². The molecule has 2 atom stereocenters. The van der Waals surface area contributed by atoms with Crippen LogP contribution in [-0.2, 0) is 9.59 Å². The third-order valence-corrected chi connectivity index (χ3v) is 11.4. The van der Waals surface area contributed by atoms with E-state index < -0.39 is 11.6 Å². The lowest BCUT2D eigenvalue weighted by molar-refractivity contribution is -0.134. The van der Waals surface area contributed by atoms with Gasteiger partial charge in [-0.05, 0) is 69.2 Å². The fourth-order valence-electron chi connectivity index (χ4n) is 8.06. The Bertz CT molecular complexity index is 2320. The maximum absolute atomic E-state index is 12.3. The number of benzene rings is 1. The van der Waals surface area contributed by atoms with E-state index in [1.807, 2.05) is 18.3 Å². The van der Waals surface area contributed by atoms with Gasteiger partial charge in [-0.1, -0.05) is 17.3 Å². The lowest BCUT2D eigenvalue weighted by Gasteiger charge is -2.40. The number of anilines is 2. The first-order valence-electron chi connectivity index (χ1n) is 19.1. The SMILES string of the molecule is [C-]#[N+]c1cnc2c(cnn2-c2cc(N[C@H](C)C#N)c(-n3cc(C4CCC(O)(CCN5CCN(c6ccc(C7CCC(=O)NC7=O)cc6)CC5)CC4)nn3)cn2)c1. The Kier molecular flexibility index (Phi) is 10.2. The van der Waals surface area contributed by atoms with E-state index >= 15 is 0 Å². The third kappa shape index (κ3) is 7.66. The second-order valence-corrected chi connectivity index (χ2v) is 15.1. The van der Waals surface area contributed by atoms with Gasteiger partial charge in [-0.2, -0.15) is 15.0 Å². The van der Waals surface area contributed by atoms with E-state index in [0.29, 0.717) is 54.2 Å². The zero-order valence-electron chi connectivity index (χ0n) is 31.2. The van der Waals surface area contributed by atoms with Gasteiger partial charge in [0.25, 0.3) is 0 Å². The molecule has 0 radical (unpaired) electrons. The average Bonchev–Trinajstić information content (AvgIpc) is 3.89. The number of nitrogens with zero attached hydrogens (tertiary/aromatic N) is 11. The van der Waals surface area contributed by atoms with Gasteiger partial charge in [0.05, 0.1) is 54.1 Å². The van der Waals surface area contributed by atoms with Crippen molar-refractivity contribution in [2.24, 2.45) is 0 Å². The smallest absolute Gasteiger partial charge is 0.234 e. The second-order valence-electron chi connectivity index (χ2n) is 15.1. The molecule has 2 aliphatic heterocycles. The summed E-state index contributed by atoms with van der Waals surface area (Å²) in [7, 11) is 0. The summed E-state index contributed by atoms with van der Waals surface area (Å²) in [5.41, 5.74) is 4.46. The number of fused-ring (bicyclic) bond motifs is 1. The van der Waals surface area contributed by atoms with Crippen molar-refractivity contribution in [2.75, 3.05) is 42.9 Å². The van der Waals surface area contributed by atoms with Crippen molar-refractivity contribution in [3.8, 4) is 17.6 Å². The van der Waals surface area contributed by atoms with Gasteiger partial charge in [-0.15, -0.1) is 5.10 Å². The van der Waals surface area contributed by atoms with E-state index in [1.165, 1.54) is 6.20 Å². The lowest BCUT2D eigenvalue weighted by atomic mass is 9.76. The Hall–Kier alpha value is -6.23. The quantitative estimate of drug-likeness (QED) is 0.135. The average molecular weight is 754 g/mol. The maximum atomic E-state index is 12.3. The van der Waals surface area contributed by atoms with Crippen LogP contribution in [0.4, 0.5) is 17.1 Å². The molecule has 3 fully saturated rings. The van der Waals surface area contributed by atoms with Crippen LogP contribution >= 0.6 is 0 Å². The lowest BCUT2D eigenvalue weighted by Crippen LogP contribution is -2.48. The summed E-state index contributed by atoms with van der Waals surface area (Å²) in [6.07, 6.45) is 11.4. The monoisotopic (exact) mass is 753 g/mol. The summed E-state index contributed by atoms with van der Waals surface area (Å²) in [5.74, 6) is -0.0319. The molecule has 5 aromatic rings. The van der Waals surface area contributed by atoms with E-state index in [4.69, 9.17) is 6.57 Å². The summed E-state index contributed by atoms with van der Waals surface area (Å²) in [4.78, 5) is 41.1. The second kappa shape index (κ2) is 15.5. The Labute approximate surface area is 324 Å². The molecule has 0 spiro atoms. The highest BCUT2D eigenvalue weighted by atomic mass is 16.3. The number of rotatable bonds is 10. The van der Waals surface area contributed by atoms with E-state index in [-0.39, 0.29) is 23.7 Å². The predicted molar refractivity (Wildman–Crippen MR) is 208 cm³/mol. The number of aromatic nitrogens is 7. The third-order valence-electron chi connectivity index (χ3n) is 11.4. The van der Waals surface area contributed by atoms with Crippen LogP contribution in [0.15, 0.2) is 61.2 Å². The van der Waals surface area contributed by atoms with Gasteiger partial charge >= 0.3 is 0 Å². The van der Waals surface area contributed by atoms with Crippen LogP contribution in [-0.4, -0.2) is 101 Å². The van der Waals surface area contributed by atoms with Crippen molar-refractivity contribution in [1.29, 1.82) is 5.26 Å². The molecular formula is C40H43N13O3. The van der Waals surface area contributed by atoms with Gasteiger partial charge < -0.3 is 15.3 Å². The van der Waals surface area contributed by atoms with Crippen molar-refractivity contribution >= 4 is 39.9 Å². The number of piperidine rings is 1. The highest BCUT2D eigenvalue weighted by Gasteiger charge is 2.35. The number of hydrogen-bond donors (Lipinski definition) is 3. The van der Waals surface area contributed by atoms with Crippen LogP contribution in [0.2, 0.25) is 0 Å². The first kappa shape index (κ1) is 36.7. The van der Waals surface area contributed by atoms with Crippen molar-refractivity contribution in [3.63, 3.8) is 0 Å². The topological polar surface area (TPSA) is 187 Å². The molecular weight excluding hydrogens is 711 g/mol. The van der Waals surface area contributed by atoms with Crippen LogP contribution in [0.5, 0.6) is 0 Å². The number of imide groups is 1. The van der Waals surface area contributed by atoms with Gasteiger partial charge in [0, 0.05) is 68.4 Å². The predicted octanol–water partition coefficient (Wildman–Crippen LogP) is 4.39. The van der Waals surface area contributed by atoms with Crippen molar-refractivity contribution in [1.82, 2.24) is 45.0 Å². The van der Waals surface area contributed by atoms with Gasteiger partial charge in [0.15, 0.2) is 11.5 Å². The molecule has 2 amide bonds. The first-order valence-corrected chi connectivity index (χ1v) is 19.1. The Morgan fingerprint density at radius 1 is 1.07 bits per heavy atom. The Morgan fingerprint density at radius 2 is 1.86 bits per heavy atom. The summed E-state index contributed by atoms with van der Waals surface area (Å²) in [5, 5.41) is 41.0. The van der Waals surface area contributed by atoms with Crippen LogP contribution < -0.4 is 15.5 Å². The molecule has 1 saturated carbocycles. The van der Waals surface area contributed by atoms with Gasteiger partial charge in [0.1, 0.15) is 11.7 Å². The number of nitriles is 1. The molecule has 286 valence electrons. The number of hydrogen-bond acceptors (Lipinski definition) is 12. The summed E-state index contributed by atoms with van der Waals surface area (Å²) >= 11 is 0. The molecule has 1 aliphatic carbocycles. The van der Waals surface area contributed by atoms with E-state index in [0.717, 1.165) is 74.3 Å². The van der Waals surface area contributed by atoms with E-state index in [1.54, 1.807) is 40.8 Å². The Morgan fingerprint density at radius 3 is 2.59 bits per heavy atom. The molecule has 3 N–H and O–H groups in total. The zero-order chi connectivity index (χ0) is 38.8. The molecule has 1 aromatic carbocycles. The number of amides is 2. The largest absolute Gasteiger partial charge is 0.390 e. The number of nitrogens with one attached hydrogen (secondary N) is 2. The van der Waals surface area contributed by atoms with Crippen LogP contribution in [0.25, 0.3) is 27.4 Å². The van der Waals surface area contributed by atoms with Crippen molar-refractivity contribution < 1.29 is 14.7 Å². The molecule has 16 heteroatoms. The van der Waals surface area contributed by atoms with Crippen LogP contribution in [0.1, 0.15) is 75.0 Å². The summed E-state index contributed by atoms with van der Waals surface area (Å²) in [6, 6.07) is 13.4. The maximum Gasteiger partial charge on any atom is 0.234 e. The number of aliphatic hydroxyl groups is 1. The fourth-order valence-corrected chi connectivity index (χ4v) is 8.06. The van der Waals surface area contributed by atoms with Crippen molar-refractivity contribution in [3.05, 3.63) is 83.9 Å². The Balaban J connectivity index is 0.853. The number of pyridine rings is 2. The van der Waals surface area contributed by atoms with Crippen LogP contribution in [0.3, 0.4) is 0 Å². The minimum atomic E-state index is -0.719. The van der Waals surface area contributed by atoms with E-state index in [9.17, 15) is 20.0 Å². The summed E-state index contributed by atoms with van der Waals surface area (Å²) < 4.78 is 3.27. The van der Waals surface area contributed by atoms with E-state index in [2.05, 4.69) is 68.9 Å². The molecule has 0 bridgehead atoms. The molecule has 4 aromatic heterocycles. The molecule has 56 heavy (non-hydrogen) atoms. The first-order chi connectivity index (χ1) is 27.2. The van der Waals surface area contributed by atoms with Crippen molar-refractivity contribution in [2.45, 2.75) is 75.3 Å². The number of piperazine rings is 1. The molecule has 6 heterocycles. The minimum absolute atomic E-state index is 0.164. The normalized spacial score (nSPS) is 22.3. The summed E-state index contributed by atoms with van der Waals surface area (Å²) in [6.45, 7) is 13.5. The molecule has 16 nitrogen and oxygen atoms in total. The molecule has 2 saturated heterocycles. The standard InChI is InChI=1S/C40H43N13O3/c1-26(21-41)46-33-20-36(53-38-29(22-45-53)19-30(42-2)23-44-38)43-24-35(33)52-25-34(48-49-52)28-9-11-40(56,12-10-28)13-14-50-15-17-51(18-16-50)31-5-3-27(4-6-31)32-7-8-37(54)47-39(32)55/h3-6,19-20,22-26,28,32,56H,7-18H2,1H3,(H,43,46)(H,47,54,55)/t26-,28?,32?,40?/m1/s1. The highest BCUT2D eigenvalue weighted by Crippen LogP contribution is 2.39. The molecule has 1 unspecified atom stereocenters.